The summed E-state index contributed by atoms with van der Waals surface area (Å²) in [5, 5.41) is 31.6. The van der Waals surface area contributed by atoms with Gasteiger partial charge in [0.2, 0.25) is 0 Å². The maximum absolute atomic E-state index is 13.2. The van der Waals surface area contributed by atoms with Crippen molar-refractivity contribution in [3.05, 3.63) is 72.9 Å². The molecular weight excluding hydrogens is 1020 g/mol. The van der Waals surface area contributed by atoms with Gasteiger partial charge in [0.1, 0.15) is 18.8 Å². The van der Waals surface area contributed by atoms with E-state index in [2.05, 4.69) is 93.7 Å². The van der Waals surface area contributed by atoms with Crippen LogP contribution in [0.3, 0.4) is 0 Å². The normalized spacial score (nSPS) is 18.2. The van der Waals surface area contributed by atoms with Gasteiger partial charge in [0.05, 0.1) is 6.61 Å². The fraction of sp³-hybridized carbons (Fsp3) is 0.768. The van der Waals surface area contributed by atoms with Crippen LogP contribution in [0.25, 0.3) is 0 Å². The Morgan fingerprint density at radius 2 is 0.778 bits per heavy atom. The van der Waals surface area contributed by atoms with Crippen LogP contribution in [-0.4, -0.2) is 89.2 Å². The number of carboxylic acids is 1. The summed E-state index contributed by atoms with van der Waals surface area (Å²) in [6.45, 7) is 5.85. The van der Waals surface area contributed by atoms with Crippen molar-refractivity contribution in [3.8, 4) is 0 Å². The Morgan fingerprint density at radius 3 is 1.23 bits per heavy atom. The van der Waals surface area contributed by atoms with Crippen molar-refractivity contribution in [2.45, 2.75) is 327 Å². The minimum atomic E-state index is -1.91. The van der Waals surface area contributed by atoms with Gasteiger partial charge in [-0.25, -0.2) is 4.79 Å². The number of esters is 3. The number of unbranched alkanes of at least 4 members (excludes halogenated alkanes) is 30. The predicted octanol–water partition coefficient (Wildman–Crippen LogP) is 17.7. The third-order valence-corrected chi connectivity index (χ3v) is 14.7. The van der Waals surface area contributed by atoms with Crippen LogP contribution >= 0.6 is 0 Å². The Balaban J connectivity index is 2.64. The summed E-state index contributed by atoms with van der Waals surface area (Å²) < 4.78 is 28.5. The van der Waals surface area contributed by atoms with Gasteiger partial charge in [-0.15, -0.1) is 0 Å². The lowest BCUT2D eigenvalue weighted by Gasteiger charge is -2.40. The van der Waals surface area contributed by atoms with Gasteiger partial charge < -0.3 is 39.0 Å². The Kier molecular flexibility index (Phi) is 52.6. The summed E-state index contributed by atoms with van der Waals surface area (Å²) in [4.78, 5) is 51.3. The smallest absolute Gasteiger partial charge is 0.335 e. The lowest BCUT2D eigenvalue weighted by molar-refractivity contribution is -0.301. The maximum Gasteiger partial charge on any atom is 0.335 e. The first-order valence-electron chi connectivity index (χ1n) is 32.9. The average Bonchev–Trinajstić information content (AvgIpc) is 3.54. The Morgan fingerprint density at radius 1 is 0.420 bits per heavy atom. The van der Waals surface area contributed by atoms with E-state index < -0.39 is 67.3 Å². The number of carbonyl (C=O) groups is 4. The van der Waals surface area contributed by atoms with Gasteiger partial charge in [0, 0.05) is 19.3 Å². The maximum atomic E-state index is 13.2. The monoisotopic (exact) mass is 1140 g/mol. The van der Waals surface area contributed by atoms with E-state index in [0.717, 1.165) is 103 Å². The van der Waals surface area contributed by atoms with E-state index >= 15 is 0 Å². The SMILES string of the molecule is CC/C=C\C/C=C\C/C=C\CCCCCC(=O)OC(COC(=O)CCCCCCCCCCC/C=C\C/C=C\CCCCC)COC1OC(C(=O)O)C(O)C(O)C1OC(=O)CCCCCCCCCCC/C=C\CCCCCCCC. The summed E-state index contributed by atoms with van der Waals surface area (Å²) in [6.07, 6.45) is 60.1. The molecule has 0 aromatic rings. The standard InChI is InChI=1S/C69H118O12/c1-4-7-10-13-16-19-22-25-27-29-31-33-35-38-40-43-46-49-52-55-61(70)77-58-60(79-62(71)56-53-50-47-44-41-37-24-21-18-15-12-9-6-3)59-78-69-67(65(74)64(73)66(81-69)68(75)76)80-63(72)57-54-51-48-45-42-39-36-34-32-30-28-26-23-20-17-14-11-8-5-2/h9,12,16,18-19,21,25-28,37,41,60,64-67,69,73-74H,4-8,10-11,13-15,17,20,22-24,29-36,38-40,42-59H2,1-3H3,(H,75,76)/b12-9-,19-16-,21-18-,27-25-,28-26-,41-37-. The first-order valence-corrected chi connectivity index (χ1v) is 32.9. The summed E-state index contributed by atoms with van der Waals surface area (Å²) in [6, 6.07) is 0. The Labute approximate surface area is 493 Å². The zero-order chi connectivity index (χ0) is 58.9. The summed E-state index contributed by atoms with van der Waals surface area (Å²) in [7, 11) is 0. The number of carboxylic acid groups (broad SMARTS) is 1. The van der Waals surface area contributed by atoms with Gasteiger partial charge in [-0.05, 0) is 109 Å². The van der Waals surface area contributed by atoms with Gasteiger partial charge in [-0.3, -0.25) is 14.4 Å². The van der Waals surface area contributed by atoms with Gasteiger partial charge in [-0.2, -0.15) is 0 Å². The van der Waals surface area contributed by atoms with Crippen LogP contribution in [0.15, 0.2) is 72.9 Å². The number of rotatable bonds is 56. The number of allylic oxidation sites excluding steroid dienone is 12. The molecule has 1 heterocycles. The number of hydrogen-bond acceptors (Lipinski definition) is 11. The van der Waals surface area contributed by atoms with Crippen LogP contribution in [0.1, 0.15) is 290 Å². The molecule has 0 aliphatic carbocycles. The van der Waals surface area contributed by atoms with E-state index in [-0.39, 0.29) is 25.9 Å². The van der Waals surface area contributed by atoms with Crippen LogP contribution < -0.4 is 0 Å². The topological polar surface area (TPSA) is 175 Å². The number of aliphatic carboxylic acids is 1. The molecular formula is C69H118O12. The van der Waals surface area contributed by atoms with Crippen molar-refractivity contribution in [3.63, 3.8) is 0 Å². The molecule has 0 radical (unpaired) electrons. The lowest BCUT2D eigenvalue weighted by Crippen LogP contribution is -2.61. The molecule has 1 aliphatic rings. The molecule has 12 heteroatoms. The Hall–Kier alpha value is -3.84. The molecule has 1 fully saturated rings. The van der Waals surface area contributed by atoms with Gasteiger partial charge in [-0.1, -0.05) is 235 Å². The summed E-state index contributed by atoms with van der Waals surface area (Å²) in [5.41, 5.74) is 0. The lowest BCUT2D eigenvalue weighted by atomic mass is 9.98. The number of aliphatic hydroxyl groups excluding tert-OH is 2. The highest BCUT2D eigenvalue weighted by Crippen LogP contribution is 2.27. The minimum absolute atomic E-state index is 0.0536. The molecule has 81 heavy (non-hydrogen) atoms. The molecule has 0 amide bonds. The average molecular weight is 1140 g/mol. The molecule has 6 unspecified atom stereocenters. The van der Waals surface area contributed by atoms with Gasteiger partial charge in [0.15, 0.2) is 24.6 Å². The first kappa shape index (κ1) is 75.2. The number of aliphatic hydroxyl groups is 2. The molecule has 0 bridgehead atoms. The fourth-order valence-electron chi connectivity index (χ4n) is 9.70. The number of carbonyl (C=O) groups excluding carboxylic acids is 3. The van der Waals surface area contributed by atoms with E-state index in [4.69, 9.17) is 23.7 Å². The largest absolute Gasteiger partial charge is 0.479 e. The zero-order valence-corrected chi connectivity index (χ0v) is 51.5. The van der Waals surface area contributed by atoms with Crippen molar-refractivity contribution in [2.24, 2.45) is 0 Å². The van der Waals surface area contributed by atoms with Crippen LogP contribution in [0.5, 0.6) is 0 Å². The predicted molar refractivity (Wildman–Crippen MR) is 331 cm³/mol. The molecule has 0 aromatic carbocycles. The highest BCUT2D eigenvalue weighted by atomic mass is 16.7. The molecule has 1 saturated heterocycles. The van der Waals surface area contributed by atoms with Crippen molar-refractivity contribution >= 4 is 23.9 Å². The fourth-order valence-corrected chi connectivity index (χ4v) is 9.70. The first-order chi connectivity index (χ1) is 39.6. The highest BCUT2D eigenvalue weighted by Gasteiger charge is 2.50. The van der Waals surface area contributed by atoms with Gasteiger partial charge >= 0.3 is 23.9 Å². The van der Waals surface area contributed by atoms with E-state index in [9.17, 15) is 34.5 Å². The van der Waals surface area contributed by atoms with Crippen LogP contribution in [0.4, 0.5) is 0 Å². The highest BCUT2D eigenvalue weighted by molar-refractivity contribution is 5.74. The molecule has 3 N–H and O–H groups in total. The van der Waals surface area contributed by atoms with E-state index in [1.54, 1.807) is 0 Å². The second-order valence-electron chi connectivity index (χ2n) is 22.4. The minimum Gasteiger partial charge on any atom is -0.479 e. The quantitative estimate of drug-likeness (QED) is 0.0228. The van der Waals surface area contributed by atoms with Crippen molar-refractivity contribution in [1.82, 2.24) is 0 Å². The molecule has 0 aromatic heterocycles. The van der Waals surface area contributed by atoms with E-state index in [0.29, 0.717) is 19.3 Å². The second kappa shape index (κ2) is 56.6. The number of hydrogen-bond donors (Lipinski definition) is 3. The summed E-state index contributed by atoms with van der Waals surface area (Å²) >= 11 is 0. The molecule has 0 saturated carbocycles. The Bertz CT molecular complexity index is 1680. The molecule has 12 nitrogen and oxygen atoms in total. The third kappa shape index (κ3) is 46.3. The molecule has 6 atom stereocenters. The van der Waals surface area contributed by atoms with Crippen molar-refractivity contribution in [2.75, 3.05) is 13.2 Å². The molecule has 0 spiro atoms. The summed E-state index contributed by atoms with van der Waals surface area (Å²) in [5.74, 6) is -3.15. The number of ether oxygens (including phenoxy) is 5. The van der Waals surface area contributed by atoms with Crippen molar-refractivity contribution < 1.29 is 58.2 Å². The van der Waals surface area contributed by atoms with Crippen LogP contribution in [-0.2, 0) is 42.9 Å². The van der Waals surface area contributed by atoms with Crippen LogP contribution in [0.2, 0.25) is 0 Å². The zero-order valence-electron chi connectivity index (χ0n) is 51.5. The van der Waals surface area contributed by atoms with Crippen LogP contribution in [0, 0.1) is 0 Å². The third-order valence-electron chi connectivity index (χ3n) is 14.7. The molecule has 1 rings (SSSR count). The van der Waals surface area contributed by atoms with Gasteiger partial charge in [0.25, 0.3) is 0 Å². The second-order valence-corrected chi connectivity index (χ2v) is 22.4. The molecule has 1 aliphatic heterocycles. The van der Waals surface area contributed by atoms with E-state index in [1.807, 2.05) is 0 Å². The molecule has 466 valence electrons. The van der Waals surface area contributed by atoms with Crippen molar-refractivity contribution in [1.29, 1.82) is 0 Å². The van der Waals surface area contributed by atoms with E-state index in [1.165, 1.54) is 128 Å².